The monoisotopic (exact) mass is 327 g/mol. The molecule has 1 heterocycles. The fourth-order valence-corrected chi connectivity index (χ4v) is 3.04. The van der Waals surface area contributed by atoms with Crippen LogP contribution >= 0.6 is 15.9 Å². The molecule has 0 aliphatic carbocycles. The molecule has 1 aliphatic heterocycles. The second kappa shape index (κ2) is 6.28. The van der Waals surface area contributed by atoms with Crippen LogP contribution in [-0.4, -0.2) is 36.3 Å². The predicted octanol–water partition coefficient (Wildman–Crippen LogP) is 3.39. The topological polar surface area (TPSA) is 49.8 Å². The van der Waals surface area contributed by atoms with Crippen molar-refractivity contribution >= 4 is 22.0 Å². The number of halogens is 1. The maximum Gasteiger partial charge on any atom is 0.407 e. The van der Waals surface area contributed by atoms with Gasteiger partial charge >= 0.3 is 6.09 Å². The summed E-state index contributed by atoms with van der Waals surface area (Å²) in [6.07, 6.45) is 2.04. The molecule has 1 amide bonds. The largest absolute Gasteiger partial charge is 0.497 e. The number of carboxylic acid groups (broad SMARTS) is 1. The lowest BCUT2D eigenvalue weighted by molar-refractivity contribution is 0.124. The van der Waals surface area contributed by atoms with Crippen LogP contribution < -0.4 is 4.74 Å². The molecule has 104 valence electrons. The molecule has 4 nitrogen and oxygen atoms in total. The predicted molar refractivity (Wildman–Crippen MR) is 76.7 cm³/mol. The molecule has 0 aromatic heterocycles. The highest BCUT2D eigenvalue weighted by atomic mass is 79.9. The minimum Gasteiger partial charge on any atom is -0.497 e. The molecule has 1 fully saturated rings. The Morgan fingerprint density at radius 1 is 1.42 bits per heavy atom. The smallest absolute Gasteiger partial charge is 0.407 e. The molecule has 19 heavy (non-hydrogen) atoms. The summed E-state index contributed by atoms with van der Waals surface area (Å²) < 4.78 is 6.28. The minimum absolute atomic E-state index is 0.551. The SMILES string of the molecule is COc1cc(Br)cc(CC2CCN(C(=O)O)CC2)c1. The maximum absolute atomic E-state index is 10.9. The van der Waals surface area contributed by atoms with Crippen LogP contribution in [0.5, 0.6) is 5.75 Å². The van der Waals surface area contributed by atoms with E-state index in [4.69, 9.17) is 9.84 Å². The first-order valence-corrected chi connectivity index (χ1v) is 7.19. The lowest BCUT2D eigenvalue weighted by Gasteiger charge is -2.30. The van der Waals surface area contributed by atoms with Crippen LogP contribution in [0.25, 0.3) is 0 Å². The van der Waals surface area contributed by atoms with Gasteiger partial charge in [-0.2, -0.15) is 0 Å². The summed E-state index contributed by atoms with van der Waals surface area (Å²) in [7, 11) is 1.66. The number of nitrogens with zero attached hydrogens (tertiary/aromatic N) is 1. The molecular formula is C14H18BrNO3. The molecule has 1 aromatic rings. The standard InChI is InChI=1S/C14H18BrNO3/c1-19-13-8-11(7-12(15)9-13)6-10-2-4-16(5-3-10)14(17)18/h7-10H,2-6H2,1H3,(H,17,18). The van der Waals surface area contributed by atoms with Gasteiger partial charge in [0, 0.05) is 17.6 Å². The molecule has 0 atom stereocenters. The van der Waals surface area contributed by atoms with Gasteiger partial charge in [0.25, 0.3) is 0 Å². The lowest BCUT2D eigenvalue weighted by atomic mass is 9.90. The zero-order valence-corrected chi connectivity index (χ0v) is 12.5. The van der Waals surface area contributed by atoms with Crippen molar-refractivity contribution in [3.63, 3.8) is 0 Å². The van der Waals surface area contributed by atoms with Gasteiger partial charge in [-0.25, -0.2) is 4.79 Å². The molecule has 5 heteroatoms. The van der Waals surface area contributed by atoms with Gasteiger partial charge in [-0.1, -0.05) is 15.9 Å². The Morgan fingerprint density at radius 2 is 2.11 bits per heavy atom. The van der Waals surface area contributed by atoms with E-state index < -0.39 is 6.09 Å². The summed E-state index contributed by atoms with van der Waals surface area (Å²) in [6.45, 7) is 1.29. The molecule has 1 N–H and O–H groups in total. The van der Waals surface area contributed by atoms with Crippen molar-refractivity contribution in [3.05, 3.63) is 28.2 Å². The van der Waals surface area contributed by atoms with Crippen LogP contribution in [0.4, 0.5) is 4.79 Å². The van der Waals surface area contributed by atoms with E-state index in [-0.39, 0.29) is 0 Å². The Balaban J connectivity index is 1.95. The number of methoxy groups -OCH3 is 1. The highest BCUT2D eigenvalue weighted by Crippen LogP contribution is 2.26. The Labute approximate surface area is 121 Å². The fourth-order valence-electron chi connectivity index (χ4n) is 2.52. The van der Waals surface area contributed by atoms with E-state index in [1.54, 1.807) is 7.11 Å². The van der Waals surface area contributed by atoms with Crippen LogP contribution in [0.3, 0.4) is 0 Å². The van der Waals surface area contributed by atoms with Gasteiger partial charge in [-0.05, 0) is 48.9 Å². The zero-order valence-electron chi connectivity index (χ0n) is 10.9. The third-order valence-corrected chi connectivity index (χ3v) is 4.03. The summed E-state index contributed by atoms with van der Waals surface area (Å²) in [5.41, 5.74) is 1.24. The van der Waals surface area contributed by atoms with E-state index in [9.17, 15) is 4.79 Å². The molecule has 0 bridgehead atoms. The van der Waals surface area contributed by atoms with Gasteiger partial charge < -0.3 is 14.7 Å². The van der Waals surface area contributed by atoms with Gasteiger partial charge in [0.2, 0.25) is 0 Å². The summed E-state index contributed by atoms with van der Waals surface area (Å²) in [6, 6.07) is 6.09. The van der Waals surface area contributed by atoms with Crippen LogP contribution in [0.2, 0.25) is 0 Å². The van der Waals surface area contributed by atoms with Crippen molar-refractivity contribution in [2.24, 2.45) is 5.92 Å². The van der Waals surface area contributed by atoms with Gasteiger partial charge in [0.1, 0.15) is 5.75 Å². The highest BCUT2D eigenvalue weighted by Gasteiger charge is 2.22. The van der Waals surface area contributed by atoms with Crippen LogP contribution in [-0.2, 0) is 6.42 Å². The third kappa shape index (κ3) is 3.86. The highest BCUT2D eigenvalue weighted by molar-refractivity contribution is 9.10. The van der Waals surface area contributed by atoms with Crippen LogP contribution in [0.15, 0.2) is 22.7 Å². The normalized spacial score (nSPS) is 16.4. The Kier molecular flexibility index (Phi) is 4.69. The molecule has 1 saturated heterocycles. The summed E-state index contributed by atoms with van der Waals surface area (Å²) in [4.78, 5) is 12.3. The first-order chi connectivity index (χ1) is 9.08. The zero-order chi connectivity index (χ0) is 13.8. The maximum atomic E-state index is 10.9. The van der Waals surface area contributed by atoms with Gasteiger partial charge in [0.15, 0.2) is 0 Å². The van der Waals surface area contributed by atoms with Crippen LogP contribution in [0.1, 0.15) is 18.4 Å². The van der Waals surface area contributed by atoms with Crippen molar-refractivity contribution in [2.75, 3.05) is 20.2 Å². The minimum atomic E-state index is -0.803. The fraction of sp³-hybridized carbons (Fsp3) is 0.500. The van der Waals surface area contributed by atoms with E-state index in [1.807, 2.05) is 12.1 Å². The van der Waals surface area contributed by atoms with Gasteiger partial charge in [-0.15, -0.1) is 0 Å². The average Bonchev–Trinajstić information content (AvgIpc) is 2.38. The third-order valence-electron chi connectivity index (χ3n) is 3.58. The quantitative estimate of drug-likeness (QED) is 0.925. The molecule has 1 aromatic carbocycles. The van der Waals surface area contributed by atoms with Crippen molar-refractivity contribution < 1.29 is 14.6 Å². The number of rotatable bonds is 3. The first-order valence-electron chi connectivity index (χ1n) is 6.40. The number of ether oxygens (including phenoxy) is 1. The second-order valence-corrected chi connectivity index (χ2v) is 5.83. The van der Waals surface area contributed by atoms with Gasteiger partial charge in [-0.3, -0.25) is 0 Å². The number of hydrogen-bond acceptors (Lipinski definition) is 2. The Morgan fingerprint density at radius 3 is 2.68 bits per heavy atom. The van der Waals surface area contributed by atoms with E-state index in [2.05, 4.69) is 22.0 Å². The number of amides is 1. The summed E-state index contributed by atoms with van der Waals surface area (Å²) in [5, 5.41) is 8.92. The number of likely N-dealkylation sites (tertiary alicyclic amines) is 1. The molecule has 2 rings (SSSR count). The molecule has 0 radical (unpaired) electrons. The lowest BCUT2D eigenvalue weighted by Crippen LogP contribution is -2.37. The molecule has 1 aliphatic rings. The summed E-state index contributed by atoms with van der Waals surface area (Å²) in [5.74, 6) is 1.40. The van der Waals surface area contributed by atoms with E-state index >= 15 is 0 Å². The number of benzene rings is 1. The molecular weight excluding hydrogens is 310 g/mol. The van der Waals surface area contributed by atoms with Crippen LogP contribution in [0, 0.1) is 5.92 Å². The average molecular weight is 328 g/mol. The van der Waals surface area contributed by atoms with Crippen molar-refractivity contribution in [1.82, 2.24) is 4.90 Å². The van der Waals surface area contributed by atoms with Crippen molar-refractivity contribution in [1.29, 1.82) is 0 Å². The first kappa shape index (κ1) is 14.2. The molecule has 0 unspecified atom stereocenters. The van der Waals surface area contributed by atoms with Crippen molar-refractivity contribution in [2.45, 2.75) is 19.3 Å². The van der Waals surface area contributed by atoms with Crippen molar-refractivity contribution in [3.8, 4) is 5.75 Å². The summed E-state index contributed by atoms with van der Waals surface area (Å²) >= 11 is 3.48. The Hall–Kier alpha value is -1.23. The molecule has 0 saturated carbocycles. The number of carbonyl (C=O) groups is 1. The van der Waals surface area contributed by atoms with E-state index in [0.717, 1.165) is 29.5 Å². The van der Waals surface area contributed by atoms with E-state index in [1.165, 1.54) is 10.5 Å². The molecule has 0 spiro atoms. The second-order valence-electron chi connectivity index (χ2n) is 4.92. The Bertz CT molecular complexity index is 456. The van der Waals surface area contributed by atoms with Gasteiger partial charge in [0.05, 0.1) is 7.11 Å². The number of piperidine rings is 1. The van der Waals surface area contributed by atoms with E-state index in [0.29, 0.717) is 19.0 Å². The number of hydrogen-bond donors (Lipinski definition) is 1.